The van der Waals surface area contributed by atoms with Crippen LogP contribution in [0.4, 0.5) is 0 Å². The van der Waals surface area contributed by atoms with Crippen molar-refractivity contribution in [2.75, 3.05) is 6.61 Å². The van der Waals surface area contributed by atoms with Gasteiger partial charge in [0.2, 0.25) is 12.0 Å². The first-order chi connectivity index (χ1) is 11.6. The minimum Gasteiger partial charge on any atom is -0.489 e. The van der Waals surface area contributed by atoms with Crippen molar-refractivity contribution in [3.05, 3.63) is 59.8 Å². The quantitative estimate of drug-likeness (QED) is 0.739. The fourth-order valence-electron chi connectivity index (χ4n) is 2.01. The second kappa shape index (κ2) is 7.14. The van der Waals surface area contributed by atoms with E-state index in [1.54, 1.807) is 42.5 Å². The van der Waals surface area contributed by atoms with Gasteiger partial charge in [-0.1, -0.05) is 29.8 Å². The molecule has 0 aliphatic rings. The van der Waals surface area contributed by atoms with E-state index in [-0.39, 0.29) is 12.5 Å². The van der Waals surface area contributed by atoms with Crippen LogP contribution in [0.3, 0.4) is 0 Å². The number of nitrogens with zero attached hydrogens (tertiary/aromatic N) is 2. The van der Waals surface area contributed by atoms with Crippen LogP contribution in [0.15, 0.2) is 54.7 Å². The van der Waals surface area contributed by atoms with Crippen molar-refractivity contribution in [2.45, 2.75) is 6.10 Å². The standard InChI is InChI=1S/C17H13ClN2O4/c18-11-6-7-13-14(8-11)19-9-16(20-13)24-15(17(21)22)10-23-12-4-2-1-3-5-12/h1-9,15H,10H2,(H,21,22). The number of fused-ring (bicyclic) bond motifs is 1. The second-order valence-corrected chi connectivity index (χ2v) is 5.35. The average molecular weight is 345 g/mol. The molecule has 0 aliphatic carbocycles. The largest absolute Gasteiger partial charge is 0.489 e. The number of halogens is 1. The van der Waals surface area contributed by atoms with E-state index in [0.717, 1.165) is 0 Å². The average Bonchev–Trinajstić information content (AvgIpc) is 2.59. The van der Waals surface area contributed by atoms with Gasteiger partial charge in [0, 0.05) is 5.02 Å². The Morgan fingerprint density at radius 1 is 1.17 bits per heavy atom. The molecule has 0 bridgehead atoms. The van der Waals surface area contributed by atoms with E-state index in [9.17, 15) is 9.90 Å². The number of aromatic nitrogens is 2. The minimum atomic E-state index is -1.20. The lowest BCUT2D eigenvalue weighted by Crippen LogP contribution is -2.33. The van der Waals surface area contributed by atoms with Crippen molar-refractivity contribution in [1.29, 1.82) is 0 Å². The zero-order valence-electron chi connectivity index (χ0n) is 12.4. The molecule has 3 aromatic rings. The number of ether oxygens (including phenoxy) is 2. The summed E-state index contributed by atoms with van der Waals surface area (Å²) in [6, 6.07) is 13.9. The molecule has 0 radical (unpaired) electrons. The molecule has 0 spiro atoms. The molecule has 0 aliphatic heterocycles. The van der Waals surface area contributed by atoms with Gasteiger partial charge in [-0.2, -0.15) is 0 Å². The molecule has 0 saturated heterocycles. The van der Waals surface area contributed by atoms with Crippen LogP contribution in [-0.2, 0) is 4.79 Å². The van der Waals surface area contributed by atoms with Crippen molar-refractivity contribution in [2.24, 2.45) is 0 Å². The Bertz CT molecular complexity index is 858. The normalized spacial score (nSPS) is 11.9. The maximum Gasteiger partial charge on any atom is 0.348 e. The van der Waals surface area contributed by atoms with Crippen LogP contribution in [-0.4, -0.2) is 33.8 Å². The number of aliphatic carboxylic acids is 1. The predicted octanol–water partition coefficient (Wildman–Crippen LogP) is 3.19. The summed E-state index contributed by atoms with van der Waals surface area (Å²) in [7, 11) is 0. The molecule has 3 rings (SSSR count). The molecule has 0 saturated carbocycles. The number of carboxylic acid groups (broad SMARTS) is 1. The van der Waals surface area contributed by atoms with Gasteiger partial charge >= 0.3 is 5.97 Å². The Morgan fingerprint density at radius 3 is 2.71 bits per heavy atom. The van der Waals surface area contributed by atoms with E-state index in [0.29, 0.717) is 21.8 Å². The Balaban J connectivity index is 1.73. The van der Waals surface area contributed by atoms with E-state index in [4.69, 9.17) is 21.1 Å². The third kappa shape index (κ3) is 3.91. The topological polar surface area (TPSA) is 81.5 Å². The summed E-state index contributed by atoms with van der Waals surface area (Å²) in [5.41, 5.74) is 1.16. The summed E-state index contributed by atoms with van der Waals surface area (Å²) in [6.45, 7) is -0.153. The smallest absolute Gasteiger partial charge is 0.348 e. The summed E-state index contributed by atoms with van der Waals surface area (Å²) in [6.07, 6.45) is 0.154. The van der Waals surface area contributed by atoms with Crippen LogP contribution in [0.2, 0.25) is 5.02 Å². The first-order valence-corrected chi connectivity index (χ1v) is 7.49. The summed E-state index contributed by atoms with van der Waals surface area (Å²) in [5, 5.41) is 9.84. The van der Waals surface area contributed by atoms with Gasteiger partial charge in [0.1, 0.15) is 12.4 Å². The highest BCUT2D eigenvalue weighted by Gasteiger charge is 2.21. The Labute approximate surface area is 142 Å². The van der Waals surface area contributed by atoms with E-state index in [2.05, 4.69) is 9.97 Å². The molecular formula is C17H13ClN2O4. The number of benzene rings is 2. The third-order valence-electron chi connectivity index (χ3n) is 3.17. The number of carboxylic acids is 1. The summed E-state index contributed by atoms with van der Waals surface area (Å²) < 4.78 is 10.8. The van der Waals surface area contributed by atoms with Crippen molar-refractivity contribution in [3.8, 4) is 11.6 Å². The maximum absolute atomic E-state index is 11.4. The van der Waals surface area contributed by atoms with Crippen LogP contribution >= 0.6 is 11.6 Å². The van der Waals surface area contributed by atoms with E-state index in [1.807, 2.05) is 6.07 Å². The van der Waals surface area contributed by atoms with E-state index >= 15 is 0 Å². The van der Waals surface area contributed by atoms with Gasteiger partial charge in [0.25, 0.3) is 0 Å². The Kier molecular flexibility index (Phi) is 4.77. The summed E-state index contributed by atoms with van der Waals surface area (Å²) in [5.74, 6) is -0.482. The third-order valence-corrected chi connectivity index (χ3v) is 3.40. The summed E-state index contributed by atoms with van der Waals surface area (Å²) in [4.78, 5) is 19.8. The first kappa shape index (κ1) is 16.0. The number of hydrogen-bond donors (Lipinski definition) is 1. The van der Waals surface area contributed by atoms with Crippen molar-refractivity contribution >= 4 is 28.6 Å². The monoisotopic (exact) mass is 344 g/mol. The zero-order chi connectivity index (χ0) is 16.9. The van der Waals surface area contributed by atoms with Gasteiger partial charge in [-0.05, 0) is 30.3 Å². The number of hydrogen-bond acceptors (Lipinski definition) is 5. The van der Waals surface area contributed by atoms with Gasteiger partial charge in [-0.25, -0.2) is 14.8 Å². The molecule has 1 unspecified atom stereocenters. The lowest BCUT2D eigenvalue weighted by atomic mass is 10.3. The van der Waals surface area contributed by atoms with Gasteiger partial charge in [-0.15, -0.1) is 0 Å². The van der Waals surface area contributed by atoms with Crippen LogP contribution < -0.4 is 9.47 Å². The van der Waals surface area contributed by atoms with Gasteiger partial charge < -0.3 is 14.6 Å². The minimum absolute atomic E-state index is 0.105. The molecule has 1 atom stereocenters. The zero-order valence-corrected chi connectivity index (χ0v) is 13.2. The molecule has 1 N–H and O–H groups in total. The van der Waals surface area contributed by atoms with Crippen LogP contribution in [0.5, 0.6) is 11.6 Å². The van der Waals surface area contributed by atoms with Gasteiger partial charge in [0.05, 0.1) is 17.2 Å². The molecule has 24 heavy (non-hydrogen) atoms. The van der Waals surface area contributed by atoms with Crippen molar-refractivity contribution in [3.63, 3.8) is 0 Å². The number of rotatable bonds is 6. The van der Waals surface area contributed by atoms with Crippen molar-refractivity contribution < 1.29 is 19.4 Å². The molecule has 122 valence electrons. The van der Waals surface area contributed by atoms with E-state index in [1.165, 1.54) is 6.20 Å². The molecule has 2 aromatic carbocycles. The maximum atomic E-state index is 11.4. The fourth-order valence-corrected chi connectivity index (χ4v) is 2.18. The molecule has 7 heteroatoms. The Morgan fingerprint density at radius 2 is 1.96 bits per heavy atom. The molecule has 1 aromatic heterocycles. The number of carbonyl (C=O) groups is 1. The number of para-hydroxylation sites is 1. The fraction of sp³-hybridized carbons (Fsp3) is 0.118. The van der Waals surface area contributed by atoms with Gasteiger partial charge in [0.15, 0.2) is 0 Å². The molecule has 1 heterocycles. The molecular weight excluding hydrogens is 332 g/mol. The SMILES string of the molecule is O=C(O)C(COc1ccccc1)Oc1cnc2cc(Cl)ccc2n1. The lowest BCUT2D eigenvalue weighted by molar-refractivity contribution is -0.146. The van der Waals surface area contributed by atoms with Gasteiger partial charge in [-0.3, -0.25) is 0 Å². The van der Waals surface area contributed by atoms with Crippen molar-refractivity contribution in [1.82, 2.24) is 9.97 Å². The highest BCUT2D eigenvalue weighted by molar-refractivity contribution is 6.31. The molecule has 0 amide bonds. The lowest BCUT2D eigenvalue weighted by Gasteiger charge is -2.15. The Hall–Kier alpha value is -2.86. The van der Waals surface area contributed by atoms with Crippen LogP contribution in [0.1, 0.15) is 0 Å². The van der Waals surface area contributed by atoms with Crippen LogP contribution in [0, 0.1) is 0 Å². The second-order valence-electron chi connectivity index (χ2n) is 4.91. The first-order valence-electron chi connectivity index (χ1n) is 7.11. The van der Waals surface area contributed by atoms with Crippen LogP contribution in [0.25, 0.3) is 11.0 Å². The molecule has 6 nitrogen and oxygen atoms in total. The van der Waals surface area contributed by atoms with E-state index < -0.39 is 12.1 Å². The predicted molar refractivity (Wildman–Crippen MR) is 88.5 cm³/mol. The highest BCUT2D eigenvalue weighted by Crippen LogP contribution is 2.19. The highest BCUT2D eigenvalue weighted by atomic mass is 35.5. The summed E-state index contributed by atoms with van der Waals surface area (Å²) >= 11 is 5.89. The molecule has 0 fully saturated rings.